The average Bonchev–Trinajstić information content (AvgIpc) is 2.82. The van der Waals surface area contributed by atoms with Gasteiger partial charge in [-0.05, 0) is 38.9 Å². The number of nitrogens with zero attached hydrogens (tertiary/aromatic N) is 3. The molecule has 98 valence electrons. The number of anilines is 1. The molecule has 5 nitrogen and oxygen atoms in total. The molecule has 1 atom stereocenters. The summed E-state index contributed by atoms with van der Waals surface area (Å²) in [7, 11) is 0. The van der Waals surface area contributed by atoms with Crippen LogP contribution in [0.3, 0.4) is 0 Å². The second kappa shape index (κ2) is 6.06. The molecule has 3 N–H and O–H groups in total. The maximum atomic E-state index is 5.55. The normalized spacial score (nSPS) is 17.6. The number of aromatic nitrogens is 2. The molecule has 0 aromatic carbocycles. The summed E-state index contributed by atoms with van der Waals surface area (Å²) in [5, 5.41) is 3.28. The first-order valence-corrected chi connectivity index (χ1v) is 6.68. The molecule has 0 amide bonds. The van der Waals surface area contributed by atoms with Crippen LogP contribution >= 0.6 is 12.2 Å². The number of hydrogen-bond acceptors (Lipinski definition) is 5. The standard InChI is InChI=1S/C12H19N5S/c1-9(8-17-6-2-3-7-17)15-12-14-5-4-10(16-12)11(13)18/h4-5,9H,2-3,6-8H2,1H3,(H2,13,18)(H,14,15,16). The molecule has 6 heteroatoms. The van der Waals surface area contributed by atoms with Crippen molar-refractivity contribution in [2.45, 2.75) is 25.8 Å². The van der Waals surface area contributed by atoms with Crippen molar-refractivity contribution in [3.63, 3.8) is 0 Å². The molecule has 1 aliphatic heterocycles. The predicted octanol–water partition coefficient (Wildman–Crippen LogP) is 1.01. The Bertz CT molecular complexity index is 417. The van der Waals surface area contributed by atoms with Crippen molar-refractivity contribution in [2.75, 3.05) is 25.0 Å². The molecule has 0 aliphatic carbocycles. The van der Waals surface area contributed by atoms with Crippen molar-refractivity contribution < 1.29 is 0 Å². The largest absolute Gasteiger partial charge is 0.388 e. The van der Waals surface area contributed by atoms with Gasteiger partial charge in [-0.2, -0.15) is 0 Å². The van der Waals surface area contributed by atoms with Crippen LogP contribution in [0.1, 0.15) is 25.5 Å². The minimum Gasteiger partial charge on any atom is -0.388 e. The van der Waals surface area contributed by atoms with E-state index in [0.29, 0.717) is 22.7 Å². The van der Waals surface area contributed by atoms with Gasteiger partial charge in [0.1, 0.15) is 10.7 Å². The number of rotatable bonds is 5. The highest BCUT2D eigenvalue weighted by molar-refractivity contribution is 7.80. The van der Waals surface area contributed by atoms with Crippen LogP contribution in [0.2, 0.25) is 0 Å². The predicted molar refractivity (Wildman–Crippen MR) is 76.7 cm³/mol. The zero-order chi connectivity index (χ0) is 13.0. The van der Waals surface area contributed by atoms with Crippen LogP contribution in [0.25, 0.3) is 0 Å². The van der Waals surface area contributed by atoms with Crippen molar-refractivity contribution in [1.29, 1.82) is 0 Å². The molecular weight excluding hydrogens is 246 g/mol. The third kappa shape index (κ3) is 3.61. The quantitative estimate of drug-likeness (QED) is 0.775. The summed E-state index contributed by atoms with van der Waals surface area (Å²) in [5.74, 6) is 0.590. The van der Waals surface area contributed by atoms with Crippen LogP contribution in [0, 0.1) is 0 Å². The van der Waals surface area contributed by atoms with Crippen LogP contribution in [0.15, 0.2) is 12.3 Å². The van der Waals surface area contributed by atoms with Gasteiger partial charge < -0.3 is 16.0 Å². The van der Waals surface area contributed by atoms with E-state index in [9.17, 15) is 0 Å². The Hall–Kier alpha value is -1.27. The van der Waals surface area contributed by atoms with Gasteiger partial charge in [0.25, 0.3) is 0 Å². The van der Waals surface area contributed by atoms with Gasteiger partial charge in [-0.25, -0.2) is 9.97 Å². The molecular formula is C12H19N5S. The first kappa shape index (κ1) is 13.2. The first-order chi connectivity index (χ1) is 8.65. The second-order valence-corrected chi connectivity index (χ2v) is 5.12. The fourth-order valence-electron chi connectivity index (χ4n) is 2.18. The van der Waals surface area contributed by atoms with Crippen molar-refractivity contribution in [3.8, 4) is 0 Å². The molecule has 2 heterocycles. The molecule has 0 bridgehead atoms. The number of likely N-dealkylation sites (tertiary alicyclic amines) is 1. The van der Waals surface area contributed by atoms with Crippen LogP contribution in [0.5, 0.6) is 0 Å². The maximum Gasteiger partial charge on any atom is 0.223 e. The third-order valence-corrected chi connectivity index (χ3v) is 3.22. The summed E-state index contributed by atoms with van der Waals surface area (Å²) in [6, 6.07) is 2.03. The second-order valence-electron chi connectivity index (χ2n) is 4.68. The Morgan fingerprint density at radius 1 is 1.56 bits per heavy atom. The zero-order valence-corrected chi connectivity index (χ0v) is 11.4. The minimum atomic E-state index is 0.299. The molecule has 2 rings (SSSR count). The van der Waals surface area contributed by atoms with E-state index >= 15 is 0 Å². The average molecular weight is 265 g/mol. The summed E-state index contributed by atoms with van der Waals surface area (Å²) in [6.45, 7) is 5.54. The Morgan fingerprint density at radius 3 is 2.94 bits per heavy atom. The van der Waals surface area contributed by atoms with Gasteiger partial charge in [0.2, 0.25) is 5.95 Å². The van der Waals surface area contributed by atoms with Gasteiger partial charge in [-0.15, -0.1) is 0 Å². The van der Waals surface area contributed by atoms with Crippen LogP contribution < -0.4 is 11.1 Å². The molecule has 1 unspecified atom stereocenters. The SMILES string of the molecule is CC(CN1CCCC1)Nc1nccc(C(N)=S)n1. The summed E-state index contributed by atoms with van der Waals surface area (Å²) in [4.78, 5) is 11.2. The van der Waals surface area contributed by atoms with E-state index in [1.165, 1.54) is 25.9 Å². The molecule has 1 aromatic heterocycles. The smallest absolute Gasteiger partial charge is 0.223 e. The molecule has 1 saturated heterocycles. The van der Waals surface area contributed by atoms with Gasteiger partial charge >= 0.3 is 0 Å². The molecule has 1 aromatic rings. The van der Waals surface area contributed by atoms with E-state index in [2.05, 4.69) is 27.1 Å². The molecule has 1 fully saturated rings. The fourth-order valence-corrected chi connectivity index (χ4v) is 2.30. The molecule has 0 saturated carbocycles. The zero-order valence-electron chi connectivity index (χ0n) is 10.6. The van der Waals surface area contributed by atoms with E-state index in [1.54, 1.807) is 12.3 Å². The highest BCUT2D eigenvalue weighted by atomic mass is 32.1. The van der Waals surface area contributed by atoms with Gasteiger partial charge in [-0.1, -0.05) is 12.2 Å². The summed E-state index contributed by atoms with van der Waals surface area (Å²) in [5.41, 5.74) is 6.16. The van der Waals surface area contributed by atoms with E-state index in [4.69, 9.17) is 18.0 Å². The third-order valence-electron chi connectivity index (χ3n) is 3.01. The van der Waals surface area contributed by atoms with Gasteiger partial charge in [-0.3, -0.25) is 0 Å². The molecule has 0 spiro atoms. The number of thiocarbonyl (C=S) groups is 1. The van der Waals surface area contributed by atoms with Crippen molar-refractivity contribution in [1.82, 2.24) is 14.9 Å². The van der Waals surface area contributed by atoms with Crippen LogP contribution in [-0.4, -0.2) is 45.5 Å². The highest BCUT2D eigenvalue weighted by Gasteiger charge is 2.15. The number of nitrogens with one attached hydrogen (secondary N) is 1. The van der Waals surface area contributed by atoms with Crippen molar-refractivity contribution in [2.24, 2.45) is 5.73 Å². The minimum absolute atomic E-state index is 0.299. The summed E-state index contributed by atoms with van der Waals surface area (Å²) >= 11 is 4.90. The summed E-state index contributed by atoms with van der Waals surface area (Å²) in [6.07, 6.45) is 4.28. The van der Waals surface area contributed by atoms with Gasteiger partial charge in [0.05, 0.1) is 0 Å². The van der Waals surface area contributed by atoms with Crippen LogP contribution in [-0.2, 0) is 0 Å². The molecule has 0 radical (unpaired) electrons. The lowest BCUT2D eigenvalue weighted by atomic mass is 10.3. The Balaban J connectivity index is 1.91. The highest BCUT2D eigenvalue weighted by Crippen LogP contribution is 2.09. The fraction of sp³-hybridized carbons (Fsp3) is 0.583. The van der Waals surface area contributed by atoms with Crippen molar-refractivity contribution >= 4 is 23.2 Å². The number of nitrogens with two attached hydrogens (primary N) is 1. The van der Waals surface area contributed by atoms with Gasteiger partial charge in [0.15, 0.2) is 0 Å². The van der Waals surface area contributed by atoms with Gasteiger partial charge in [0, 0.05) is 18.8 Å². The first-order valence-electron chi connectivity index (χ1n) is 6.27. The van der Waals surface area contributed by atoms with E-state index < -0.39 is 0 Å². The Morgan fingerprint density at radius 2 is 2.28 bits per heavy atom. The lowest BCUT2D eigenvalue weighted by molar-refractivity contribution is 0.327. The molecule has 18 heavy (non-hydrogen) atoms. The molecule has 1 aliphatic rings. The topological polar surface area (TPSA) is 67.1 Å². The number of hydrogen-bond donors (Lipinski definition) is 2. The Kier molecular flexibility index (Phi) is 4.43. The van der Waals surface area contributed by atoms with E-state index in [-0.39, 0.29) is 0 Å². The van der Waals surface area contributed by atoms with Crippen molar-refractivity contribution in [3.05, 3.63) is 18.0 Å². The summed E-state index contributed by atoms with van der Waals surface area (Å²) < 4.78 is 0. The van der Waals surface area contributed by atoms with E-state index in [1.807, 2.05) is 0 Å². The maximum absolute atomic E-state index is 5.55. The lowest BCUT2D eigenvalue weighted by Crippen LogP contribution is -2.33. The van der Waals surface area contributed by atoms with E-state index in [0.717, 1.165) is 6.54 Å². The monoisotopic (exact) mass is 265 g/mol. The van der Waals surface area contributed by atoms with Crippen LogP contribution in [0.4, 0.5) is 5.95 Å². The Labute approximate surface area is 113 Å². The lowest BCUT2D eigenvalue weighted by Gasteiger charge is -2.21.